The minimum absolute atomic E-state index is 0.00918. The molecule has 29 heavy (non-hydrogen) atoms. The maximum Gasteiger partial charge on any atom is 0.257 e. The van der Waals surface area contributed by atoms with Crippen LogP contribution in [0.25, 0.3) is 5.69 Å². The second-order valence-electron chi connectivity index (χ2n) is 7.86. The van der Waals surface area contributed by atoms with E-state index in [1.165, 1.54) is 0 Å². The molecule has 0 saturated carbocycles. The van der Waals surface area contributed by atoms with Crippen LogP contribution in [0.3, 0.4) is 0 Å². The normalized spacial score (nSPS) is 14.8. The topological polar surface area (TPSA) is 67.2 Å². The Labute approximate surface area is 173 Å². The lowest BCUT2D eigenvalue weighted by atomic mass is 9.95. The number of aromatic nitrogens is 2. The molecule has 1 N–H and O–H groups in total. The number of carbonyl (C=O) groups is 2. The number of piperidine rings is 1. The number of hydrogen-bond donors (Lipinski definition) is 1. The fraction of sp³-hybridized carbons (Fsp3) is 0.522. The molecule has 1 aliphatic heterocycles. The van der Waals surface area contributed by atoms with Crippen molar-refractivity contribution in [1.29, 1.82) is 0 Å². The van der Waals surface area contributed by atoms with Gasteiger partial charge in [-0.15, -0.1) is 0 Å². The molecule has 1 aromatic heterocycles. The second kappa shape index (κ2) is 9.72. The molecule has 0 aliphatic carbocycles. The Balaban J connectivity index is 1.61. The Hall–Kier alpha value is -2.63. The van der Waals surface area contributed by atoms with Gasteiger partial charge in [0.2, 0.25) is 5.91 Å². The fourth-order valence-electron chi connectivity index (χ4n) is 4.01. The third kappa shape index (κ3) is 4.86. The van der Waals surface area contributed by atoms with Crippen LogP contribution in [-0.2, 0) is 4.79 Å². The third-order valence-electron chi connectivity index (χ3n) is 5.74. The first-order valence-electron chi connectivity index (χ1n) is 10.7. The molecule has 0 spiro atoms. The van der Waals surface area contributed by atoms with Crippen molar-refractivity contribution in [3.63, 3.8) is 0 Å². The lowest BCUT2D eigenvalue weighted by Gasteiger charge is -2.31. The maximum atomic E-state index is 13.2. The molecule has 1 fully saturated rings. The first kappa shape index (κ1) is 21.1. The lowest BCUT2D eigenvalue weighted by Crippen LogP contribution is -2.43. The molecule has 3 rings (SSSR count). The number of para-hydroxylation sites is 1. The van der Waals surface area contributed by atoms with Crippen molar-refractivity contribution >= 4 is 11.8 Å². The summed E-state index contributed by atoms with van der Waals surface area (Å²) in [5.41, 5.74) is 3.23. The van der Waals surface area contributed by atoms with E-state index in [9.17, 15) is 9.59 Å². The number of nitrogens with zero attached hydrogens (tertiary/aromatic N) is 3. The summed E-state index contributed by atoms with van der Waals surface area (Å²) in [6.45, 7) is 7.96. The molecule has 6 nitrogen and oxygen atoms in total. The number of unbranched alkanes of at least 4 members (excludes halogenated alkanes) is 2. The van der Waals surface area contributed by atoms with Crippen molar-refractivity contribution in [3.05, 3.63) is 47.3 Å². The average Bonchev–Trinajstić information content (AvgIpc) is 3.05. The monoisotopic (exact) mass is 396 g/mol. The molecule has 1 aliphatic rings. The van der Waals surface area contributed by atoms with Gasteiger partial charge >= 0.3 is 0 Å². The van der Waals surface area contributed by atoms with E-state index in [1.54, 1.807) is 0 Å². The van der Waals surface area contributed by atoms with Crippen molar-refractivity contribution in [2.24, 2.45) is 5.92 Å². The van der Waals surface area contributed by atoms with Crippen molar-refractivity contribution in [3.8, 4) is 5.69 Å². The molecule has 2 heterocycles. The van der Waals surface area contributed by atoms with Crippen LogP contribution in [0.4, 0.5) is 0 Å². The summed E-state index contributed by atoms with van der Waals surface area (Å²) in [7, 11) is 0. The minimum atomic E-state index is 0.00918. The maximum absolute atomic E-state index is 13.2. The van der Waals surface area contributed by atoms with Crippen LogP contribution in [0.15, 0.2) is 30.3 Å². The molecular formula is C23H32N4O2. The van der Waals surface area contributed by atoms with Gasteiger partial charge in [-0.1, -0.05) is 38.0 Å². The highest BCUT2D eigenvalue weighted by Crippen LogP contribution is 2.23. The van der Waals surface area contributed by atoms with Crippen LogP contribution in [0, 0.1) is 19.8 Å². The van der Waals surface area contributed by atoms with Gasteiger partial charge in [-0.2, -0.15) is 5.10 Å². The van der Waals surface area contributed by atoms with Crippen molar-refractivity contribution in [2.75, 3.05) is 19.6 Å². The number of nitrogens with one attached hydrogen (secondary N) is 1. The zero-order valence-electron chi connectivity index (χ0n) is 17.8. The van der Waals surface area contributed by atoms with Gasteiger partial charge < -0.3 is 10.2 Å². The Morgan fingerprint density at radius 3 is 2.45 bits per heavy atom. The van der Waals surface area contributed by atoms with Gasteiger partial charge in [0, 0.05) is 25.6 Å². The summed E-state index contributed by atoms with van der Waals surface area (Å²) in [5.74, 6) is 0.163. The molecule has 2 aromatic rings. The van der Waals surface area contributed by atoms with Crippen molar-refractivity contribution in [2.45, 2.75) is 52.9 Å². The molecule has 0 radical (unpaired) electrons. The average molecular weight is 397 g/mol. The number of benzene rings is 1. The van der Waals surface area contributed by atoms with E-state index < -0.39 is 0 Å². The van der Waals surface area contributed by atoms with E-state index in [1.807, 2.05) is 53.8 Å². The van der Waals surface area contributed by atoms with Crippen LogP contribution < -0.4 is 5.32 Å². The highest BCUT2D eigenvalue weighted by Gasteiger charge is 2.30. The molecule has 156 valence electrons. The molecule has 0 unspecified atom stereocenters. The third-order valence-corrected chi connectivity index (χ3v) is 5.74. The number of carbonyl (C=O) groups excluding carboxylic acids is 2. The summed E-state index contributed by atoms with van der Waals surface area (Å²) in [6.07, 6.45) is 4.76. The van der Waals surface area contributed by atoms with Gasteiger partial charge in [0.1, 0.15) is 0 Å². The molecule has 2 amide bonds. The SMILES string of the molecule is CCCCCNC(=O)C1CCN(C(=O)c2c(C)nn(-c3ccccc3)c2C)CC1. The predicted octanol–water partition coefficient (Wildman–Crippen LogP) is 3.65. The Bertz CT molecular complexity index is 836. The van der Waals surface area contributed by atoms with E-state index in [2.05, 4.69) is 17.3 Å². The largest absolute Gasteiger partial charge is 0.356 e. The van der Waals surface area contributed by atoms with Crippen LogP contribution in [0.1, 0.15) is 60.8 Å². The highest BCUT2D eigenvalue weighted by atomic mass is 16.2. The number of hydrogen-bond acceptors (Lipinski definition) is 3. The van der Waals surface area contributed by atoms with Crippen LogP contribution >= 0.6 is 0 Å². The van der Waals surface area contributed by atoms with Gasteiger partial charge in [0.25, 0.3) is 5.91 Å². The van der Waals surface area contributed by atoms with E-state index >= 15 is 0 Å². The summed E-state index contributed by atoms with van der Waals surface area (Å²) in [5, 5.41) is 7.64. The molecule has 0 bridgehead atoms. The summed E-state index contributed by atoms with van der Waals surface area (Å²) < 4.78 is 1.83. The first-order chi connectivity index (χ1) is 14.0. The van der Waals surface area contributed by atoms with Crippen LogP contribution in [-0.4, -0.2) is 46.1 Å². The second-order valence-corrected chi connectivity index (χ2v) is 7.86. The van der Waals surface area contributed by atoms with Crippen LogP contribution in [0.5, 0.6) is 0 Å². The smallest absolute Gasteiger partial charge is 0.257 e. The van der Waals surface area contributed by atoms with Gasteiger partial charge in [-0.25, -0.2) is 4.68 Å². The lowest BCUT2D eigenvalue weighted by molar-refractivity contribution is -0.126. The van der Waals surface area contributed by atoms with Crippen molar-refractivity contribution in [1.82, 2.24) is 20.0 Å². The quantitative estimate of drug-likeness (QED) is 0.727. The molecule has 6 heteroatoms. The van der Waals surface area contributed by atoms with Gasteiger partial charge in [0.15, 0.2) is 0 Å². The summed E-state index contributed by atoms with van der Waals surface area (Å²) in [4.78, 5) is 27.4. The van der Waals surface area contributed by atoms with E-state index in [-0.39, 0.29) is 17.7 Å². The molecule has 1 aromatic carbocycles. The predicted molar refractivity (Wildman–Crippen MR) is 114 cm³/mol. The standard InChI is InChI=1S/C23H32N4O2/c1-4-5-9-14-24-22(28)19-12-15-26(16-13-19)23(29)21-17(2)25-27(18(21)3)20-10-7-6-8-11-20/h6-8,10-11,19H,4-5,9,12-16H2,1-3H3,(H,24,28). The van der Waals surface area contributed by atoms with Crippen molar-refractivity contribution < 1.29 is 9.59 Å². The fourth-order valence-corrected chi connectivity index (χ4v) is 4.01. The Morgan fingerprint density at radius 2 is 1.79 bits per heavy atom. The number of likely N-dealkylation sites (tertiary alicyclic amines) is 1. The number of amides is 2. The van der Waals surface area contributed by atoms with E-state index in [0.29, 0.717) is 18.7 Å². The zero-order chi connectivity index (χ0) is 20.8. The Kier molecular flexibility index (Phi) is 7.07. The number of rotatable bonds is 7. The zero-order valence-corrected chi connectivity index (χ0v) is 17.8. The van der Waals surface area contributed by atoms with Gasteiger partial charge in [-0.05, 0) is 45.2 Å². The highest BCUT2D eigenvalue weighted by molar-refractivity contribution is 5.96. The van der Waals surface area contributed by atoms with Gasteiger partial charge in [-0.3, -0.25) is 9.59 Å². The molecule has 1 saturated heterocycles. The first-order valence-corrected chi connectivity index (χ1v) is 10.7. The van der Waals surface area contributed by atoms with Gasteiger partial charge in [0.05, 0.1) is 22.6 Å². The van der Waals surface area contributed by atoms with E-state index in [0.717, 1.165) is 55.7 Å². The summed E-state index contributed by atoms with van der Waals surface area (Å²) in [6, 6.07) is 9.86. The Morgan fingerprint density at radius 1 is 1.10 bits per heavy atom. The number of aryl methyl sites for hydroxylation is 1. The molecular weight excluding hydrogens is 364 g/mol. The van der Waals surface area contributed by atoms with E-state index in [4.69, 9.17) is 0 Å². The molecule has 0 atom stereocenters. The summed E-state index contributed by atoms with van der Waals surface area (Å²) >= 11 is 0. The van der Waals surface area contributed by atoms with Crippen LogP contribution in [0.2, 0.25) is 0 Å². The minimum Gasteiger partial charge on any atom is -0.356 e.